The summed E-state index contributed by atoms with van der Waals surface area (Å²) in [5, 5.41) is 12.2. The maximum absolute atomic E-state index is 11.7. The molecule has 0 aliphatic carbocycles. The van der Waals surface area contributed by atoms with Crippen molar-refractivity contribution in [2.24, 2.45) is 0 Å². The van der Waals surface area contributed by atoms with Gasteiger partial charge in [-0.3, -0.25) is 4.79 Å². The van der Waals surface area contributed by atoms with E-state index in [1.807, 2.05) is 24.3 Å². The standard InChI is InChI=1S/C13H17NO4/c1-17-11-4-2-3-9(5-11)8-18-13(16)12-6-10(15)7-14-12/h2-5,10,12,14-15H,6-8H2,1H3/t10-,12+/m1/s1. The summed E-state index contributed by atoms with van der Waals surface area (Å²) >= 11 is 0. The van der Waals surface area contributed by atoms with Crippen molar-refractivity contribution in [2.45, 2.75) is 25.2 Å². The molecule has 2 atom stereocenters. The third-order valence-corrected chi connectivity index (χ3v) is 2.91. The number of β-amino-alcohol motifs (C(OH)–C–C–N with tert-alkyl or cyclic N) is 1. The number of carbonyl (C=O) groups is 1. The van der Waals surface area contributed by atoms with Crippen LogP contribution in [-0.4, -0.2) is 36.9 Å². The molecule has 0 bridgehead atoms. The predicted octanol–water partition coefficient (Wildman–Crippen LogP) is 0.461. The Labute approximate surface area is 106 Å². The van der Waals surface area contributed by atoms with E-state index in [0.717, 1.165) is 11.3 Å². The Morgan fingerprint density at radius 2 is 2.39 bits per heavy atom. The fourth-order valence-electron chi connectivity index (χ4n) is 1.91. The van der Waals surface area contributed by atoms with Gasteiger partial charge in [-0.05, 0) is 17.7 Å². The van der Waals surface area contributed by atoms with Crippen LogP contribution in [0.25, 0.3) is 0 Å². The molecule has 18 heavy (non-hydrogen) atoms. The number of benzene rings is 1. The molecule has 5 nitrogen and oxygen atoms in total. The summed E-state index contributed by atoms with van der Waals surface area (Å²) in [6, 6.07) is 6.97. The number of carbonyl (C=O) groups excluding carboxylic acids is 1. The van der Waals surface area contributed by atoms with Gasteiger partial charge in [-0.2, -0.15) is 0 Å². The van der Waals surface area contributed by atoms with Crippen LogP contribution in [0.4, 0.5) is 0 Å². The summed E-state index contributed by atoms with van der Waals surface area (Å²) in [6.45, 7) is 0.656. The molecule has 0 amide bonds. The first kappa shape index (κ1) is 12.9. The quantitative estimate of drug-likeness (QED) is 0.761. The first-order valence-corrected chi connectivity index (χ1v) is 5.90. The van der Waals surface area contributed by atoms with Crippen LogP contribution in [0.5, 0.6) is 5.75 Å². The second-order valence-electron chi connectivity index (χ2n) is 4.31. The van der Waals surface area contributed by atoms with Crippen molar-refractivity contribution < 1.29 is 19.4 Å². The molecule has 98 valence electrons. The zero-order chi connectivity index (χ0) is 13.0. The molecule has 1 saturated heterocycles. The minimum absolute atomic E-state index is 0.213. The zero-order valence-corrected chi connectivity index (χ0v) is 10.3. The number of aliphatic hydroxyl groups excluding tert-OH is 1. The van der Waals surface area contributed by atoms with Gasteiger partial charge in [0.15, 0.2) is 0 Å². The third kappa shape index (κ3) is 3.21. The molecule has 1 fully saturated rings. The van der Waals surface area contributed by atoms with E-state index < -0.39 is 12.1 Å². The average Bonchev–Trinajstić information content (AvgIpc) is 2.83. The van der Waals surface area contributed by atoms with Crippen LogP contribution >= 0.6 is 0 Å². The highest BCUT2D eigenvalue weighted by atomic mass is 16.5. The van der Waals surface area contributed by atoms with E-state index in [2.05, 4.69) is 5.32 Å². The maximum atomic E-state index is 11.7. The number of ether oxygens (including phenoxy) is 2. The van der Waals surface area contributed by atoms with Gasteiger partial charge < -0.3 is 19.9 Å². The molecule has 1 aromatic rings. The summed E-state index contributed by atoms with van der Waals surface area (Å²) < 4.78 is 10.3. The highest BCUT2D eigenvalue weighted by Crippen LogP contribution is 2.14. The van der Waals surface area contributed by atoms with Crippen LogP contribution in [0, 0.1) is 0 Å². The van der Waals surface area contributed by atoms with E-state index in [9.17, 15) is 9.90 Å². The SMILES string of the molecule is COc1cccc(COC(=O)[C@@H]2C[C@@H](O)CN2)c1. The van der Waals surface area contributed by atoms with Crippen molar-refractivity contribution >= 4 is 5.97 Å². The molecule has 1 aromatic carbocycles. The molecule has 0 saturated carbocycles. The van der Waals surface area contributed by atoms with Crippen LogP contribution < -0.4 is 10.1 Å². The molecule has 2 rings (SSSR count). The minimum Gasteiger partial charge on any atom is -0.497 e. The van der Waals surface area contributed by atoms with Gasteiger partial charge >= 0.3 is 5.97 Å². The van der Waals surface area contributed by atoms with Gasteiger partial charge in [0.1, 0.15) is 18.4 Å². The monoisotopic (exact) mass is 251 g/mol. The smallest absolute Gasteiger partial charge is 0.323 e. The predicted molar refractivity (Wildman–Crippen MR) is 65.2 cm³/mol. The van der Waals surface area contributed by atoms with E-state index in [-0.39, 0.29) is 12.6 Å². The summed E-state index contributed by atoms with van der Waals surface area (Å²) in [5.74, 6) is 0.410. The van der Waals surface area contributed by atoms with Gasteiger partial charge in [-0.25, -0.2) is 0 Å². The highest BCUT2D eigenvalue weighted by Gasteiger charge is 2.29. The molecule has 1 heterocycles. The van der Waals surface area contributed by atoms with Gasteiger partial charge in [-0.1, -0.05) is 12.1 Å². The van der Waals surface area contributed by atoms with Crippen LogP contribution in [0.1, 0.15) is 12.0 Å². The molecule has 0 aromatic heterocycles. The largest absolute Gasteiger partial charge is 0.497 e. The molecule has 0 unspecified atom stereocenters. The maximum Gasteiger partial charge on any atom is 0.323 e. The Hall–Kier alpha value is -1.59. The zero-order valence-electron chi connectivity index (χ0n) is 10.3. The Balaban J connectivity index is 1.85. The first-order valence-electron chi connectivity index (χ1n) is 5.90. The van der Waals surface area contributed by atoms with Crippen molar-refractivity contribution in [3.05, 3.63) is 29.8 Å². The first-order chi connectivity index (χ1) is 8.69. The number of esters is 1. The van der Waals surface area contributed by atoms with Crippen LogP contribution in [0.2, 0.25) is 0 Å². The Morgan fingerprint density at radius 1 is 1.56 bits per heavy atom. The van der Waals surface area contributed by atoms with Gasteiger partial charge in [-0.15, -0.1) is 0 Å². The van der Waals surface area contributed by atoms with Crippen molar-refractivity contribution in [3.63, 3.8) is 0 Å². The fraction of sp³-hybridized carbons (Fsp3) is 0.462. The Morgan fingerprint density at radius 3 is 3.06 bits per heavy atom. The number of methoxy groups -OCH3 is 1. The topological polar surface area (TPSA) is 67.8 Å². The number of hydrogen-bond acceptors (Lipinski definition) is 5. The fourth-order valence-corrected chi connectivity index (χ4v) is 1.91. The van der Waals surface area contributed by atoms with E-state index >= 15 is 0 Å². The molecule has 0 spiro atoms. The van der Waals surface area contributed by atoms with Crippen LogP contribution in [0.15, 0.2) is 24.3 Å². The van der Waals surface area contributed by atoms with Crippen molar-refractivity contribution in [3.8, 4) is 5.75 Å². The van der Waals surface area contributed by atoms with Crippen molar-refractivity contribution in [2.75, 3.05) is 13.7 Å². The lowest BCUT2D eigenvalue weighted by Crippen LogP contribution is -2.32. The third-order valence-electron chi connectivity index (χ3n) is 2.91. The molecule has 1 aliphatic heterocycles. The summed E-state index contributed by atoms with van der Waals surface area (Å²) in [4.78, 5) is 11.7. The average molecular weight is 251 g/mol. The van der Waals surface area contributed by atoms with Gasteiger partial charge in [0.05, 0.1) is 13.2 Å². The molecular formula is C13H17NO4. The van der Waals surface area contributed by atoms with Crippen molar-refractivity contribution in [1.82, 2.24) is 5.32 Å². The molecular weight excluding hydrogens is 234 g/mol. The molecule has 2 N–H and O–H groups in total. The summed E-state index contributed by atoms with van der Waals surface area (Å²) in [6.07, 6.45) is -0.0453. The summed E-state index contributed by atoms with van der Waals surface area (Å²) in [5.41, 5.74) is 0.876. The second kappa shape index (κ2) is 5.84. The van der Waals surface area contributed by atoms with Gasteiger partial charge in [0, 0.05) is 13.0 Å². The molecule has 5 heteroatoms. The van der Waals surface area contributed by atoms with Gasteiger partial charge in [0.2, 0.25) is 0 Å². The highest BCUT2D eigenvalue weighted by molar-refractivity contribution is 5.76. The van der Waals surface area contributed by atoms with E-state index in [0.29, 0.717) is 13.0 Å². The second-order valence-corrected chi connectivity index (χ2v) is 4.31. The summed E-state index contributed by atoms with van der Waals surface area (Å²) in [7, 11) is 1.59. The Bertz CT molecular complexity index is 421. The van der Waals surface area contributed by atoms with E-state index in [1.54, 1.807) is 7.11 Å². The van der Waals surface area contributed by atoms with Crippen molar-refractivity contribution in [1.29, 1.82) is 0 Å². The van der Waals surface area contributed by atoms with Gasteiger partial charge in [0.25, 0.3) is 0 Å². The molecule has 0 radical (unpaired) electrons. The Kier molecular flexibility index (Phi) is 4.17. The number of nitrogens with one attached hydrogen (secondary N) is 1. The molecule has 1 aliphatic rings. The lowest BCUT2D eigenvalue weighted by atomic mass is 10.2. The van der Waals surface area contributed by atoms with Crippen LogP contribution in [-0.2, 0) is 16.1 Å². The van der Waals surface area contributed by atoms with E-state index in [1.165, 1.54) is 0 Å². The number of hydrogen-bond donors (Lipinski definition) is 2. The van der Waals surface area contributed by atoms with E-state index in [4.69, 9.17) is 9.47 Å². The number of aliphatic hydroxyl groups is 1. The minimum atomic E-state index is -0.459. The lowest BCUT2D eigenvalue weighted by molar-refractivity contribution is -0.147. The number of rotatable bonds is 4. The lowest BCUT2D eigenvalue weighted by Gasteiger charge is -2.10. The normalized spacial score (nSPS) is 22.8. The van der Waals surface area contributed by atoms with Crippen LogP contribution in [0.3, 0.4) is 0 Å².